The zero-order valence-electron chi connectivity index (χ0n) is 16.3. The van der Waals surface area contributed by atoms with Gasteiger partial charge in [0.25, 0.3) is 5.91 Å². The molecule has 1 fully saturated rings. The lowest BCUT2D eigenvalue weighted by molar-refractivity contribution is 0.0958. The lowest BCUT2D eigenvalue weighted by Gasteiger charge is -2.06. The molecular weight excluding hydrogens is 396 g/mol. The van der Waals surface area contributed by atoms with Crippen molar-refractivity contribution in [1.82, 2.24) is 15.3 Å². The van der Waals surface area contributed by atoms with E-state index in [1.165, 1.54) is 5.56 Å². The van der Waals surface area contributed by atoms with Gasteiger partial charge in [0.2, 0.25) is 0 Å². The number of fused-ring (bicyclic) bond motifs is 1. The number of carbonyl (C=O) groups excluding carboxylic acids is 1. The molecule has 1 amide bonds. The summed E-state index contributed by atoms with van der Waals surface area (Å²) in [5.74, 6) is 1.57. The van der Waals surface area contributed by atoms with Crippen LogP contribution in [-0.4, -0.2) is 29.0 Å². The molecule has 30 heavy (non-hydrogen) atoms. The third-order valence-corrected chi connectivity index (χ3v) is 6.06. The number of hydrogen-bond acceptors (Lipinski definition) is 6. The van der Waals surface area contributed by atoms with E-state index >= 15 is 0 Å². The molecule has 7 heteroatoms. The van der Waals surface area contributed by atoms with Crippen molar-refractivity contribution < 1.29 is 9.53 Å². The van der Waals surface area contributed by atoms with Crippen LogP contribution in [0.1, 0.15) is 28.4 Å². The third kappa shape index (κ3) is 3.84. The molecule has 2 atom stereocenters. The molecule has 0 bridgehead atoms. The molecule has 2 unspecified atom stereocenters. The average molecular weight is 417 g/mol. The summed E-state index contributed by atoms with van der Waals surface area (Å²) in [6, 6.07) is 20.2. The molecule has 0 spiro atoms. The van der Waals surface area contributed by atoms with E-state index in [9.17, 15) is 4.79 Å². The molecule has 2 heterocycles. The van der Waals surface area contributed by atoms with Gasteiger partial charge in [0.1, 0.15) is 17.2 Å². The number of ether oxygens (including phenoxy) is 1. The molecule has 0 aliphatic heterocycles. The minimum absolute atomic E-state index is 0.247. The molecular formula is C23H20N4O2S. The number of aromatic nitrogens is 2. The van der Waals surface area contributed by atoms with Gasteiger partial charge in [-0.3, -0.25) is 9.78 Å². The first kappa shape index (κ1) is 18.6. The predicted molar refractivity (Wildman–Crippen MR) is 119 cm³/mol. The number of pyridine rings is 1. The quantitative estimate of drug-likeness (QED) is 0.472. The van der Waals surface area contributed by atoms with Crippen molar-refractivity contribution in [3.8, 4) is 11.5 Å². The number of rotatable bonds is 6. The Morgan fingerprint density at radius 2 is 1.93 bits per heavy atom. The summed E-state index contributed by atoms with van der Waals surface area (Å²) in [4.78, 5) is 20.5. The van der Waals surface area contributed by atoms with Crippen LogP contribution in [0.4, 0.5) is 5.13 Å². The van der Waals surface area contributed by atoms with Gasteiger partial charge in [-0.1, -0.05) is 41.7 Å². The number of hydrogen-bond donors (Lipinski definition) is 2. The van der Waals surface area contributed by atoms with Crippen molar-refractivity contribution in [2.24, 2.45) is 0 Å². The molecule has 1 saturated carbocycles. The van der Waals surface area contributed by atoms with Crippen LogP contribution in [0.25, 0.3) is 10.2 Å². The van der Waals surface area contributed by atoms with Crippen molar-refractivity contribution in [2.75, 3.05) is 12.4 Å². The Kier molecular flexibility index (Phi) is 4.80. The highest BCUT2D eigenvalue weighted by Gasteiger charge is 2.38. The Bertz CT molecular complexity index is 1210. The van der Waals surface area contributed by atoms with E-state index in [4.69, 9.17) is 9.72 Å². The largest absolute Gasteiger partial charge is 0.457 e. The minimum atomic E-state index is -0.247. The zero-order valence-corrected chi connectivity index (χ0v) is 17.1. The van der Waals surface area contributed by atoms with Gasteiger partial charge in [0, 0.05) is 37.3 Å². The average Bonchev–Trinajstić information content (AvgIpc) is 3.43. The minimum Gasteiger partial charge on any atom is -0.457 e. The fourth-order valence-corrected chi connectivity index (χ4v) is 4.43. The number of nitrogens with one attached hydrogen (secondary N) is 2. The van der Waals surface area contributed by atoms with E-state index in [0.717, 1.165) is 21.8 Å². The number of thiazole rings is 1. The molecule has 2 N–H and O–H groups in total. The van der Waals surface area contributed by atoms with Gasteiger partial charge < -0.3 is 15.4 Å². The molecule has 4 aromatic rings. The molecule has 2 aromatic carbocycles. The van der Waals surface area contributed by atoms with E-state index in [1.54, 1.807) is 36.7 Å². The fraction of sp³-hybridized carbons (Fsp3) is 0.174. The third-order valence-electron chi connectivity index (χ3n) is 5.11. The first-order valence-electron chi connectivity index (χ1n) is 9.77. The van der Waals surface area contributed by atoms with Gasteiger partial charge in [-0.15, -0.1) is 0 Å². The molecule has 2 aromatic heterocycles. The topological polar surface area (TPSA) is 76.1 Å². The van der Waals surface area contributed by atoms with Gasteiger partial charge >= 0.3 is 0 Å². The number of carbonyl (C=O) groups is 1. The molecule has 1 aliphatic carbocycles. The van der Waals surface area contributed by atoms with Crippen LogP contribution in [0.15, 0.2) is 66.9 Å². The van der Waals surface area contributed by atoms with Crippen molar-refractivity contribution in [2.45, 2.75) is 18.4 Å². The van der Waals surface area contributed by atoms with Gasteiger partial charge in [-0.25, -0.2) is 4.98 Å². The lowest BCUT2D eigenvalue weighted by atomic mass is 10.1. The second-order valence-corrected chi connectivity index (χ2v) is 8.24. The smallest absolute Gasteiger partial charge is 0.269 e. The molecule has 5 rings (SSSR count). The maximum atomic E-state index is 11.8. The normalized spacial score (nSPS) is 17.5. The second kappa shape index (κ2) is 7.76. The first-order valence-corrected chi connectivity index (χ1v) is 10.6. The van der Waals surface area contributed by atoms with E-state index in [1.807, 2.05) is 24.3 Å². The van der Waals surface area contributed by atoms with Crippen molar-refractivity contribution in [1.29, 1.82) is 0 Å². The van der Waals surface area contributed by atoms with Crippen LogP contribution in [0.3, 0.4) is 0 Å². The highest BCUT2D eigenvalue weighted by molar-refractivity contribution is 7.22. The summed E-state index contributed by atoms with van der Waals surface area (Å²) in [6.07, 6.45) is 2.69. The van der Waals surface area contributed by atoms with Crippen LogP contribution >= 0.6 is 11.3 Å². The van der Waals surface area contributed by atoms with Gasteiger partial charge in [-0.05, 0) is 30.2 Å². The van der Waals surface area contributed by atoms with Crippen LogP contribution in [0.2, 0.25) is 0 Å². The van der Waals surface area contributed by atoms with Crippen LogP contribution in [0, 0.1) is 0 Å². The van der Waals surface area contributed by atoms with Crippen LogP contribution in [0.5, 0.6) is 11.5 Å². The maximum Gasteiger partial charge on any atom is 0.269 e. The number of nitrogens with zero attached hydrogens (tertiary/aromatic N) is 2. The summed E-state index contributed by atoms with van der Waals surface area (Å²) in [7, 11) is 1.57. The summed E-state index contributed by atoms with van der Waals surface area (Å²) >= 11 is 1.62. The Morgan fingerprint density at radius 1 is 1.10 bits per heavy atom. The number of amides is 1. The molecule has 0 radical (unpaired) electrons. The fourth-order valence-electron chi connectivity index (χ4n) is 3.47. The number of benzene rings is 2. The maximum absolute atomic E-state index is 11.8. The van der Waals surface area contributed by atoms with Gasteiger partial charge in [0.05, 0.1) is 10.2 Å². The van der Waals surface area contributed by atoms with E-state index in [-0.39, 0.29) is 5.91 Å². The number of anilines is 1. The summed E-state index contributed by atoms with van der Waals surface area (Å²) in [6.45, 7) is 0. The predicted octanol–water partition coefficient (Wildman–Crippen LogP) is 4.81. The molecule has 1 aliphatic rings. The monoisotopic (exact) mass is 416 g/mol. The van der Waals surface area contributed by atoms with E-state index in [0.29, 0.717) is 29.2 Å². The standard InChI is InChI=1S/C23H20N4O2S/c1-24-22(28)20-11-16(9-10-25-20)29-15-7-8-18-21(12-15)30-23(26-18)27-19-13-17(19)14-5-3-2-4-6-14/h2-12,17,19H,13H2,1H3,(H,24,28)(H,26,27). The lowest BCUT2D eigenvalue weighted by Crippen LogP contribution is -2.18. The van der Waals surface area contributed by atoms with E-state index in [2.05, 4.69) is 39.9 Å². The molecule has 150 valence electrons. The molecule has 0 saturated heterocycles. The van der Waals surface area contributed by atoms with Crippen molar-refractivity contribution >= 4 is 32.6 Å². The Hall–Kier alpha value is -3.45. The summed E-state index contributed by atoms with van der Waals surface area (Å²) in [5, 5.41) is 7.05. The Labute approximate surface area is 178 Å². The van der Waals surface area contributed by atoms with Crippen LogP contribution < -0.4 is 15.4 Å². The zero-order chi connectivity index (χ0) is 20.5. The van der Waals surface area contributed by atoms with E-state index < -0.39 is 0 Å². The first-order chi connectivity index (χ1) is 14.7. The Morgan fingerprint density at radius 3 is 2.77 bits per heavy atom. The highest BCUT2D eigenvalue weighted by atomic mass is 32.1. The summed E-state index contributed by atoms with van der Waals surface area (Å²) in [5.41, 5.74) is 2.63. The highest BCUT2D eigenvalue weighted by Crippen LogP contribution is 2.43. The van der Waals surface area contributed by atoms with Gasteiger partial charge in [0.15, 0.2) is 5.13 Å². The molecule has 6 nitrogen and oxygen atoms in total. The van der Waals surface area contributed by atoms with Crippen molar-refractivity contribution in [3.05, 3.63) is 78.1 Å². The summed E-state index contributed by atoms with van der Waals surface area (Å²) < 4.78 is 6.99. The SMILES string of the molecule is CNC(=O)c1cc(Oc2ccc3nc(NC4CC4c4ccccc4)sc3c2)ccn1. The van der Waals surface area contributed by atoms with Crippen molar-refractivity contribution in [3.63, 3.8) is 0 Å². The second-order valence-electron chi connectivity index (χ2n) is 7.21. The van der Waals surface area contributed by atoms with Crippen LogP contribution in [-0.2, 0) is 0 Å². The van der Waals surface area contributed by atoms with Gasteiger partial charge in [-0.2, -0.15) is 0 Å². The Balaban J connectivity index is 1.29.